The number of nitrogens with zero attached hydrogens (tertiary/aromatic N) is 6. The highest BCUT2D eigenvalue weighted by molar-refractivity contribution is 5.77. The summed E-state index contributed by atoms with van der Waals surface area (Å²) in [4.78, 5) is 25.4. The van der Waals surface area contributed by atoms with E-state index in [2.05, 4.69) is 32.3 Å². The standard InChI is InChI=1S/C18H25N7O/c1-23-9-7-13-12(10-23)18(20-11-19-13)22-14-4-5-16(26)24(2)17(14)15-6-8-21-25(15)3/h6,8,11,14,17H,4-5,7,9-10H2,1-3H3,(H,19,20,22)/t14-,17-/m1/s1. The van der Waals surface area contributed by atoms with Crippen LogP contribution in [0.5, 0.6) is 0 Å². The summed E-state index contributed by atoms with van der Waals surface area (Å²) in [5.41, 5.74) is 3.32. The highest BCUT2D eigenvalue weighted by Crippen LogP contribution is 2.33. The van der Waals surface area contributed by atoms with Gasteiger partial charge in [-0.1, -0.05) is 0 Å². The van der Waals surface area contributed by atoms with E-state index in [0.717, 1.165) is 43.1 Å². The van der Waals surface area contributed by atoms with Crippen LogP contribution in [0.2, 0.25) is 0 Å². The lowest BCUT2D eigenvalue weighted by molar-refractivity contribution is -0.135. The summed E-state index contributed by atoms with van der Waals surface area (Å²) in [6.45, 7) is 1.86. The van der Waals surface area contributed by atoms with E-state index < -0.39 is 0 Å². The molecule has 2 atom stereocenters. The van der Waals surface area contributed by atoms with E-state index in [-0.39, 0.29) is 18.0 Å². The van der Waals surface area contributed by atoms with Gasteiger partial charge in [-0.2, -0.15) is 5.10 Å². The van der Waals surface area contributed by atoms with Crippen molar-refractivity contribution in [2.24, 2.45) is 7.05 Å². The van der Waals surface area contributed by atoms with Gasteiger partial charge in [0.2, 0.25) is 5.91 Å². The average molecular weight is 355 g/mol. The Morgan fingerprint density at radius 2 is 2.04 bits per heavy atom. The monoisotopic (exact) mass is 355 g/mol. The molecule has 0 unspecified atom stereocenters. The molecule has 2 aromatic rings. The zero-order valence-corrected chi connectivity index (χ0v) is 15.5. The van der Waals surface area contributed by atoms with Crippen LogP contribution in [0, 0.1) is 0 Å². The van der Waals surface area contributed by atoms with E-state index in [1.807, 2.05) is 29.7 Å². The topological polar surface area (TPSA) is 79.2 Å². The first-order valence-electron chi connectivity index (χ1n) is 9.06. The number of likely N-dealkylation sites (N-methyl/N-ethyl adjacent to an activating group) is 2. The minimum atomic E-state index is -0.0734. The van der Waals surface area contributed by atoms with Crippen LogP contribution < -0.4 is 5.32 Å². The Morgan fingerprint density at radius 1 is 1.19 bits per heavy atom. The summed E-state index contributed by atoms with van der Waals surface area (Å²) in [6, 6.07) is 1.99. The smallest absolute Gasteiger partial charge is 0.223 e. The number of piperidine rings is 1. The third-order valence-corrected chi connectivity index (χ3v) is 5.54. The summed E-state index contributed by atoms with van der Waals surface area (Å²) in [6.07, 6.45) is 5.67. The fourth-order valence-electron chi connectivity index (χ4n) is 4.04. The van der Waals surface area contributed by atoms with Crippen LogP contribution in [0.1, 0.15) is 35.8 Å². The molecular formula is C18H25N7O. The van der Waals surface area contributed by atoms with E-state index in [9.17, 15) is 4.79 Å². The molecule has 2 aromatic heterocycles. The first-order chi connectivity index (χ1) is 12.5. The summed E-state index contributed by atoms with van der Waals surface area (Å²) < 4.78 is 1.84. The second kappa shape index (κ2) is 6.68. The van der Waals surface area contributed by atoms with Crippen molar-refractivity contribution < 1.29 is 4.79 Å². The Kier molecular flexibility index (Phi) is 4.36. The molecule has 26 heavy (non-hydrogen) atoms. The summed E-state index contributed by atoms with van der Waals surface area (Å²) in [5.74, 6) is 1.06. The van der Waals surface area contributed by atoms with Gasteiger partial charge in [0.15, 0.2) is 0 Å². The minimum Gasteiger partial charge on any atom is -0.364 e. The van der Waals surface area contributed by atoms with E-state index in [4.69, 9.17) is 0 Å². The average Bonchev–Trinajstić information content (AvgIpc) is 3.04. The molecule has 138 valence electrons. The van der Waals surface area contributed by atoms with Gasteiger partial charge >= 0.3 is 0 Å². The van der Waals surface area contributed by atoms with Crippen molar-refractivity contribution in [2.75, 3.05) is 26.0 Å². The second-order valence-electron chi connectivity index (χ2n) is 7.25. The molecule has 4 heterocycles. The zero-order valence-electron chi connectivity index (χ0n) is 15.5. The van der Waals surface area contributed by atoms with Crippen molar-refractivity contribution in [3.8, 4) is 0 Å². The van der Waals surface area contributed by atoms with Gasteiger partial charge in [0.1, 0.15) is 12.1 Å². The Labute approximate surface area is 153 Å². The first kappa shape index (κ1) is 17.0. The zero-order chi connectivity index (χ0) is 18.3. The van der Waals surface area contributed by atoms with Gasteiger partial charge < -0.3 is 15.1 Å². The highest BCUT2D eigenvalue weighted by Gasteiger charge is 2.37. The summed E-state index contributed by atoms with van der Waals surface area (Å²) >= 11 is 0. The van der Waals surface area contributed by atoms with Crippen LogP contribution in [-0.4, -0.2) is 62.1 Å². The van der Waals surface area contributed by atoms with E-state index in [0.29, 0.717) is 6.42 Å². The Morgan fingerprint density at radius 3 is 2.81 bits per heavy atom. The number of hydrogen-bond acceptors (Lipinski definition) is 6. The van der Waals surface area contributed by atoms with Crippen LogP contribution in [-0.2, 0) is 24.8 Å². The maximum atomic E-state index is 12.3. The number of aromatic nitrogens is 4. The Balaban J connectivity index is 1.66. The van der Waals surface area contributed by atoms with Crippen molar-refractivity contribution in [1.82, 2.24) is 29.5 Å². The number of anilines is 1. The highest BCUT2D eigenvalue weighted by atomic mass is 16.2. The van der Waals surface area contributed by atoms with E-state index >= 15 is 0 Å². The third-order valence-electron chi connectivity index (χ3n) is 5.54. The fraction of sp³-hybridized carbons (Fsp3) is 0.556. The molecule has 1 amide bonds. The van der Waals surface area contributed by atoms with Crippen LogP contribution in [0.25, 0.3) is 0 Å². The van der Waals surface area contributed by atoms with Gasteiger partial charge in [-0.05, 0) is 19.5 Å². The molecule has 0 aliphatic carbocycles. The van der Waals surface area contributed by atoms with Gasteiger partial charge in [0.05, 0.1) is 23.5 Å². The van der Waals surface area contributed by atoms with E-state index in [1.165, 1.54) is 5.56 Å². The normalized spacial score (nSPS) is 23.8. The molecule has 1 fully saturated rings. The van der Waals surface area contributed by atoms with E-state index in [1.54, 1.807) is 12.5 Å². The summed E-state index contributed by atoms with van der Waals surface area (Å²) in [5, 5.41) is 7.92. The number of nitrogens with one attached hydrogen (secondary N) is 1. The third kappa shape index (κ3) is 2.94. The predicted octanol–water partition coefficient (Wildman–Crippen LogP) is 0.972. The van der Waals surface area contributed by atoms with Crippen LogP contribution >= 0.6 is 0 Å². The lowest BCUT2D eigenvalue weighted by Gasteiger charge is -2.40. The van der Waals surface area contributed by atoms with Gasteiger partial charge in [0, 0.05) is 51.8 Å². The number of amides is 1. The van der Waals surface area contributed by atoms with Gasteiger partial charge in [-0.3, -0.25) is 9.48 Å². The van der Waals surface area contributed by atoms with Crippen LogP contribution in [0.15, 0.2) is 18.6 Å². The molecule has 2 aliphatic rings. The maximum Gasteiger partial charge on any atom is 0.223 e. The number of fused-ring (bicyclic) bond motifs is 1. The molecule has 0 spiro atoms. The lowest BCUT2D eigenvalue weighted by Crippen LogP contribution is -2.47. The molecule has 8 heteroatoms. The molecule has 2 aliphatic heterocycles. The predicted molar refractivity (Wildman–Crippen MR) is 97.4 cm³/mol. The largest absolute Gasteiger partial charge is 0.364 e. The molecular weight excluding hydrogens is 330 g/mol. The van der Waals surface area contributed by atoms with Crippen LogP contribution in [0.4, 0.5) is 5.82 Å². The quantitative estimate of drug-likeness (QED) is 0.884. The fourth-order valence-corrected chi connectivity index (χ4v) is 4.04. The van der Waals surface area contributed by atoms with Gasteiger partial charge in [-0.15, -0.1) is 0 Å². The number of aryl methyl sites for hydroxylation is 1. The first-order valence-corrected chi connectivity index (χ1v) is 9.06. The van der Waals surface area contributed by atoms with Crippen LogP contribution in [0.3, 0.4) is 0 Å². The van der Waals surface area contributed by atoms with Crippen molar-refractivity contribution in [1.29, 1.82) is 0 Å². The maximum absolute atomic E-state index is 12.3. The summed E-state index contributed by atoms with van der Waals surface area (Å²) in [7, 11) is 5.91. The number of hydrogen-bond donors (Lipinski definition) is 1. The molecule has 1 saturated heterocycles. The van der Waals surface area contributed by atoms with Gasteiger partial charge in [0.25, 0.3) is 0 Å². The molecule has 0 saturated carbocycles. The van der Waals surface area contributed by atoms with Gasteiger partial charge in [-0.25, -0.2) is 9.97 Å². The van der Waals surface area contributed by atoms with Crippen molar-refractivity contribution >= 4 is 11.7 Å². The second-order valence-corrected chi connectivity index (χ2v) is 7.25. The van der Waals surface area contributed by atoms with Crippen molar-refractivity contribution in [2.45, 2.75) is 37.9 Å². The minimum absolute atomic E-state index is 0.0734. The Hall–Kier alpha value is -2.48. The molecule has 0 bridgehead atoms. The van der Waals surface area contributed by atoms with Crippen molar-refractivity contribution in [3.63, 3.8) is 0 Å². The molecule has 0 radical (unpaired) electrons. The lowest BCUT2D eigenvalue weighted by atomic mass is 9.93. The molecule has 1 N–H and O–H groups in total. The molecule has 4 rings (SSSR count). The SMILES string of the molecule is CN1CCc2ncnc(N[C@@H]3CCC(=O)N(C)[C@H]3c3ccnn3C)c2C1. The molecule has 0 aromatic carbocycles. The number of carbonyl (C=O) groups excluding carboxylic acids is 1. The Bertz CT molecular complexity index is 818. The van der Waals surface area contributed by atoms with Crippen molar-refractivity contribution in [3.05, 3.63) is 35.5 Å². The number of likely N-dealkylation sites (tertiary alicyclic amines) is 1. The molecule has 8 nitrogen and oxygen atoms in total. The number of rotatable bonds is 3. The number of carbonyl (C=O) groups is 1.